The topological polar surface area (TPSA) is 8.17 Å². The van der Waals surface area contributed by atoms with Crippen LogP contribution in [0.15, 0.2) is 267 Å². The number of benzene rings is 11. The number of nitrogens with zero attached hydrogens (tertiary/aromatic N) is 2. The van der Waals surface area contributed by atoms with Gasteiger partial charge in [0.15, 0.2) is 0 Å². The van der Waals surface area contributed by atoms with Crippen LogP contribution in [0.1, 0.15) is 22.3 Å². The summed E-state index contributed by atoms with van der Waals surface area (Å²) in [7, 11) is 0. The second kappa shape index (κ2) is 15.8. The van der Waals surface area contributed by atoms with Gasteiger partial charge >= 0.3 is 0 Å². The predicted molar refractivity (Wildman–Crippen MR) is 281 cm³/mol. The summed E-state index contributed by atoms with van der Waals surface area (Å²) in [4.78, 5) is 2.44. The van der Waals surface area contributed by atoms with Gasteiger partial charge in [-0.05, 0) is 116 Å². The molecular formula is C65H44N2. The molecule has 13 rings (SSSR count). The van der Waals surface area contributed by atoms with Crippen molar-refractivity contribution >= 4 is 49.6 Å². The Labute approximate surface area is 390 Å². The normalized spacial score (nSPS) is 12.6. The highest BCUT2D eigenvalue weighted by molar-refractivity contribution is 6.11. The minimum Gasteiger partial charge on any atom is -0.310 e. The van der Waals surface area contributed by atoms with Crippen LogP contribution in [0.25, 0.3) is 71.6 Å². The molecule has 0 saturated heterocycles. The first-order valence-electron chi connectivity index (χ1n) is 23.2. The molecule has 67 heavy (non-hydrogen) atoms. The van der Waals surface area contributed by atoms with E-state index in [9.17, 15) is 0 Å². The maximum atomic E-state index is 2.46. The molecule has 0 N–H and O–H groups in total. The van der Waals surface area contributed by atoms with E-state index in [1.165, 1.54) is 82.8 Å². The number of hydrogen-bond acceptors (Lipinski definition) is 1. The molecule has 12 aromatic rings. The summed E-state index contributed by atoms with van der Waals surface area (Å²) in [5.41, 5.74) is 18.6. The number of aromatic nitrogens is 1. The van der Waals surface area contributed by atoms with Crippen LogP contribution in [0.2, 0.25) is 0 Å². The van der Waals surface area contributed by atoms with Gasteiger partial charge in [0.25, 0.3) is 0 Å². The lowest BCUT2D eigenvalue weighted by Gasteiger charge is -2.35. The third-order valence-corrected chi connectivity index (χ3v) is 14.1. The van der Waals surface area contributed by atoms with Crippen molar-refractivity contribution in [2.24, 2.45) is 0 Å². The molecule has 1 aliphatic carbocycles. The summed E-state index contributed by atoms with van der Waals surface area (Å²) >= 11 is 0. The molecule has 0 fully saturated rings. The number of hydrogen-bond donors (Lipinski definition) is 0. The van der Waals surface area contributed by atoms with Gasteiger partial charge < -0.3 is 9.47 Å². The summed E-state index contributed by atoms with van der Waals surface area (Å²) < 4.78 is 2.45. The average Bonchev–Trinajstić information content (AvgIpc) is 3.89. The van der Waals surface area contributed by atoms with E-state index in [1.54, 1.807) is 0 Å². The minimum absolute atomic E-state index is 0.521. The lowest BCUT2D eigenvalue weighted by Crippen LogP contribution is -2.28. The van der Waals surface area contributed by atoms with Crippen LogP contribution in [0, 0.1) is 0 Å². The standard InChI is InChI=1S/C65H44N2/c1-4-18-45(19-5-1)46-34-37-52(38-35-46)66(54-39-41-57-56-29-12-14-31-60(56)65(61(57)44-54,50-23-6-2-7-24-50)51-25-8-3-9-26-51)53-27-16-22-48(42-53)49-36-40-59-58-30-13-15-32-63(58)67(64(59)43-49)62-33-17-21-47-20-10-11-28-55(47)62/h1-44H. The molecule has 0 amide bonds. The van der Waals surface area contributed by atoms with E-state index in [-0.39, 0.29) is 0 Å². The lowest BCUT2D eigenvalue weighted by atomic mass is 9.67. The van der Waals surface area contributed by atoms with Crippen molar-refractivity contribution in [3.63, 3.8) is 0 Å². The first kappa shape index (κ1) is 38.7. The molecule has 0 radical (unpaired) electrons. The van der Waals surface area contributed by atoms with E-state index < -0.39 is 5.41 Å². The monoisotopic (exact) mass is 852 g/mol. The van der Waals surface area contributed by atoms with Crippen molar-refractivity contribution in [1.29, 1.82) is 0 Å². The van der Waals surface area contributed by atoms with E-state index in [2.05, 4.69) is 276 Å². The Morgan fingerprint density at radius 3 is 1.63 bits per heavy atom. The van der Waals surface area contributed by atoms with Crippen LogP contribution in [-0.4, -0.2) is 4.57 Å². The van der Waals surface area contributed by atoms with Crippen molar-refractivity contribution in [2.75, 3.05) is 4.90 Å². The molecule has 0 unspecified atom stereocenters. The molecule has 11 aromatic carbocycles. The SMILES string of the molecule is c1ccc(-c2ccc(N(c3cccc(-c4ccc5c6ccccc6n(-c6cccc7ccccc67)c5c4)c3)c3ccc4c(c3)C(c3ccccc3)(c3ccccc3)c3ccccc3-4)cc2)cc1. The summed E-state index contributed by atoms with van der Waals surface area (Å²) in [5, 5.41) is 4.95. The van der Waals surface area contributed by atoms with Gasteiger partial charge in [0.1, 0.15) is 0 Å². The Hall–Kier alpha value is -8.72. The third kappa shape index (κ3) is 6.18. The van der Waals surface area contributed by atoms with E-state index in [4.69, 9.17) is 0 Å². The maximum absolute atomic E-state index is 2.46. The number of anilines is 3. The molecule has 0 atom stereocenters. The fourth-order valence-corrected chi connectivity index (χ4v) is 11.1. The summed E-state index contributed by atoms with van der Waals surface area (Å²) in [6, 6.07) is 98.1. The Bertz CT molecular complexity index is 3750. The Balaban J connectivity index is 1.01. The van der Waals surface area contributed by atoms with Crippen LogP contribution in [0.4, 0.5) is 17.1 Å². The fourth-order valence-electron chi connectivity index (χ4n) is 11.1. The molecule has 1 heterocycles. The Morgan fingerprint density at radius 1 is 0.299 bits per heavy atom. The van der Waals surface area contributed by atoms with Gasteiger partial charge in [-0.3, -0.25) is 0 Å². The zero-order valence-electron chi connectivity index (χ0n) is 36.8. The molecule has 1 aliphatic rings. The van der Waals surface area contributed by atoms with Gasteiger partial charge in [0, 0.05) is 33.2 Å². The molecule has 314 valence electrons. The minimum atomic E-state index is -0.521. The van der Waals surface area contributed by atoms with Gasteiger partial charge in [-0.15, -0.1) is 0 Å². The quantitative estimate of drug-likeness (QED) is 0.148. The Morgan fingerprint density at radius 2 is 0.836 bits per heavy atom. The third-order valence-electron chi connectivity index (χ3n) is 14.1. The van der Waals surface area contributed by atoms with Gasteiger partial charge in [-0.2, -0.15) is 0 Å². The summed E-state index contributed by atoms with van der Waals surface area (Å²) in [6.45, 7) is 0. The van der Waals surface area contributed by atoms with Crippen LogP contribution in [0.5, 0.6) is 0 Å². The highest BCUT2D eigenvalue weighted by atomic mass is 15.1. The molecule has 0 spiro atoms. The maximum Gasteiger partial charge on any atom is 0.0714 e. The molecule has 2 nitrogen and oxygen atoms in total. The highest BCUT2D eigenvalue weighted by Crippen LogP contribution is 2.57. The summed E-state index contributed by atoms with van der Waals surface area (Å²) in [5.74, 6) is 0. The molecule has 0 aliphatic heterocycles. The average molecular weight is 853 g/mol. The van der Waals surface area contributed by atoms with Crippen molar-refractivity contribution in [1.82, 2.24) is 4.57 Å². The zero-order valence-corrected chi connectivity index (χ0v) is 36.8. The van der Waals surface area contributed by atoms with E-state index in [0.29, 0.717) is 0 Å². The second-order valence-corrected chi connectivity index (χ2v) is 17.6. The van der Waals surface area contributed by atoms with Crippen molar-refractivity contribution in [2.45, 2.75) is 5.41 Å². The van der Waals surface area contributed by atoms with E-state index in [1.807, 2.05) is 0 Å². The molecule has 1 aromatic heterocycles. The van der Waals surface area contributed by atoms with Crippen molar-refractivity contribution in [3.05, 3.63) is 289 Å². The molecule has 0 saturated carbocycles. The van der Waals surface area contributed by atoms with Gasteiger partial charge in [-0.25, -0.2) is 0 Å². The van der Waals surface area contributed by atoms with Crippen LogP contribution < -0.4 is 4.90 Å². The van der Waals surface area contributed by atoms with Crippen LogP contribution in [-0.2, 0) is 5.41 Å². The first-order valence-corrected chi connectivity index (χ1v) is 23.2. The highest BCUT2D eigenvalue weighted by Gasteiger charge is 2.46. The fraction of sp³-hybridized carbons (Fsp3) is 0.0154. The number of rotatable bonds is 8. The lowest BCUT2D eigenvalue weighted by molar-refractivity contribution is 0.768. The predicted octanol–water partition coefficient (Wildman–Crippen LogP) is 17.1. The molecular weight excluding hydrogens is 809 g/mol. The second-order valence-electron chi connectivity index (χ2n) is 17.6. The van der Waals surface area contributed by atoms with Crippen molar-refractivity contribution < 1.29 is 0 Å². The van der Waals surface area contributed by atoms with Crippen LogP contribution >= 0.6 is 0 Å². The zero-order chi connectivity index (χ0) is 44.3. The molecule has 0 bridgehead atoms. The van der Waals surface area contributed by atoms with Crippen LogP contribution in [0.3, 0.4) is 0 Å². The van der Waals surface area contributed by atoms with Crippen molar-refractivity contribution in [3.8, 4) is 39.1 Å². The van der Waals surface area contributed by atoms with E-state index in [0.717, 1.165) is 28.2 Å². The van der Waals surface area contributed by atoms with Gasteiger partial charge in [0.2, 0.25) is 0 Å². The largest absolute Gasteiger partial charge is 0.310 e. The first-order chi connectivity index (χ1) is 33.2. The molecule has 2 heteroatoms. The Kier molecular flexibility index (Phi) is 9.11. The number of fused-ring (bicyclic) bond motifs is 7. The summed E-state index contributed by atoms with van der Waals surface area (Å²) in [6.07, 6.45) is 0. The smallest absolute Gasteiger partial charge is 0.0714 e. The van der Waals surface area contributed by atoms with E-state index >= 15 is 0 Å². The van der Waals surface area contributed by atoms with Gasteiger partial charge in [-0.1, -0.05) is 212 Å². The van der Waals surface area contributed by atoms with Gasteiger partial charge in [0.05, 0.1) is 22.1 Å². The number of para-hydroxylation sites is 1.